The zero-order valence-corrected chi connectivity index (χ0v) is 10.9. The molecule has 0 saturated carbocycles. The zero-order valence-electron chi connectivity index (χ0n) is 10.9. The van der Waals surface area contributed by atoms with Gasteiger partial charge in [-0.3, -0.25) is 0 Å². The third-order valence-corrected chi connectivity index (χ3v) is 2.97. The zero-order chi connectivity index (χ0) is 14.8. The molecule has 0 spiro atoms. The van der Waals surface area contributed by atoms with Gasteiger partial charge in [0.05, 0.1) is 5.69 Å². The predicted octanol–water partition coefficient (Wildman–Crippen LogP) is 3.19. The lowest BCUT2D eigenvalue weighted by Gasteiger charge is -1.98. The number of hydrogen-bond donors (Lipinski definition) is 1. The molecule has 3 aromatic rings. The summed E-state index contributed by atoms with van der Waals surface area (Å²) in [7, 11) is 0. The average Bonchev–Trinajstić information content (AvgIpc) is 2.90. The molecule has 106 valence electrons. The lowest BCUT2D eigenvalue weighted by molar-refractivity contribution is 0.423. The molecule has 6 heteroatoms. The number of aromatic nitrogens is 2. The third kappa shape index (κ3) is 2.89. The Morgan fingerprint density at radius 2 is 1.95 bits per heavy atom. The molecule has 0 unspecified atom stereocenters. The van der Waals surface area contributed by atoms with E-state index in [1.807, 2.05) is 0 Å². The summed E-state index contributed by atoms with van der Waals surface area (Å²) in [6.45, 7) is 0. The van der Waals surface area contributed by atoms with Crippen LogP contribution in [-0.4, -0.2) is 10.1 Å². The minimum Gasteiger partial charge on any atom is -0.396 e. The Labute approximate surface area is 119 Å². The summed E-state index contributed by atoms with van der Waals surface area (Å²) in [6.07, 6.45) is 0.332. The highest BCUT2D eigenvalue weighted by Gasteiger charge is 2.11. The maximum Gasteiger partial charge on any atom is 0.258 e. The maximum atomic E-state index is 13.4. The summed E-state index contributed by atoms with van der Waals surface area (Å²) < 4.78 is 31.6. The van der Waals surface area contributed by atoms with Crippen LogP contribution in [0.5, 0.6) is 0 Å². The number of nitrogens with zero attached hydrogens (tertiary/aromatic N) is 2. The van der Waals surface area contributed by atoms with E-state index < -0.39 is 5.82 Å². The van der Waals surface area contributed by atoms with Crippen molar-refractivity contribution >= 4 is 5.69 Å². The molecular weight excluding hydrogens is 276 g/mol. The standard InChI is InChI=1S/C15H11F2N3O/c16-11-3-1-2-9(6-11)7-14-19-15(21-20-14)10-4-5-13(18)12(17)8-10/h1-6,8H,7,18H2. The number of hydrogen-bond acceptors (Lipinski definition) is 4. The van der Waals surface area contributed by atoms with Crippen molar-refractivity contribution in [2.75, 3.05) is 5.73 Å². The monoisotopic (exact) mass is 287 g/mol. The van der Waals surface area contributed by atoms with Crippen molar-refractivity contribution in [1.29, 1.82) is 0 Å². The number of halogens is 2. The molecule has 0 amide bonds. The van der Waals surface area contributed by atoms with Gasteiger partial charge in [-0.1, -0.05) is 17.3 Å². The van der Waals surface area contributed by atoms with Crippen LogP contribution in [0, 0.1) is 11.6 Å². The Bertz CT molecular complexity index is 786. The Kier molecular flexibility index (Phi) is 3.35. The minimum absolute atomic E-state index is 0.0539. The maximum absolute atomic E-state index is 13.4. The summed E-state index contributed by atoms with van der Waals surface area (Å²) in [6, 6.07) is 10.4. The van der Waals surface area contributed by atoms with Gasteiger partial charge in [0.1, 0.15) is 11.6 Å². The smallest absolute Gasteiger partial charge is 0.258 e. The van der Waals surface area contributed by atoms with Gasteiger partial charge in [-0.25, -0.2) is 8.78 Å². The second-order valence-electron chi connectivity index (χ2n) is 4.56. The number of rotatable bonds is 3. The van der Waals surface area contributed by atoms with E-state index in [9.17, 15) is 8.78 Å². The fourth-order valence-electron chi connectivity index (χ4n) is 1.93. The molecule has 4 nitrogen and oxygen atoms in total. The van der Waals surface area contributed by atoms with Crippen molar-refractivity contribution in [3.05, 3.63) is 65.5 Å². The molecular formula is C15H11F2N3O. The molecule has 0 fully saturated rings. The topological polar surface area (TPSA) is 64.9 Å². The molecule has 0 aliphatic rings. The van der Waals surface area contributed by atoms with E-state index in [1.54, 1.807) is 18.2 Å². The third-order valence-electron chi connectivity index (χ3n) is 2.97. The molecule has 1 heterocycles. The highest BCUT2D eigenvalue weighted by atomic mass is 19.1. The van der Waals surface area contributed by atoms with Gasteiger partial charge in [0.25, 0.3) is 5.89 Å². The summed E-state index contributed by atoms with van der Waals surface area (Å²) in [4.78, 5) is 4.17. The normalized spacial score (nSPS) is 10.8. The molecule has 0 bridgehead atoms. The Morgan fingerprint density at radius 3 is 2.71 bits per heavy atom. The summed E-state index contributed by atoms with van der Waals surface area (Å²) >= 11 is 0. The Morgan fingerprint density at radius 1 is 1.10 bits per heavy atom. The van der Waals surface area contributed by atoms with Crippen LogP contribution >= 0.6 is 0 Å². The molecule has 1 aromatic heterocycles. The molecule has 0 aliphatic heterocycles. The Balaban J connectivity index is 1.84. The van der Waals surface area contributed by atoms with E-state index in [-0.39, 0.29) is 17.4 Å². The fraction of sp³-hybridized carbons (Fsp3) is 0.0667. The second-order valence-corrected chi connectivity index (χ2v) is 4.56. The van der Waals surface area contributed by atoms with Gasteiger partial charge in [-0.2, -0.15) is 4.98 Å². The van der Waals surface area contributed by atoms with Gasteiger partial charge in [0.2, 0.25) is 0 Å². The largest absolute Gasteiger partial charge is 0.396 e. The van der Waals surface area contributed by atoms with E-state index in [0.717, 1.165) is 5.56 Å². The van der Waals surface area contributed by atoms with Crippen LogP contribution in [-0.2, 0) is 6.42 Å². The van der Waals surface area contributed by atoms with E-state index in [4.69, 9.17) is 10.3 Å². The highest BCUT2D eigenvalue weighted by Crippen LogP contribution is 2.22. The molecule has 0 saturated heterocycles. The first-order valence-corrected chi connectivity index (χ1v) is 6.24. The first-order chi connectivity index (χ1) is 10.1. The number of benzene rings is 2. The van der Waals surface area contributed by atoms with Gasteiger partial charge in [-0.05, 0) is 35.9 Å². The summed E-state index contributed by atoms with van der Waals surface area (Å²) in [5.74, 6) is -0.276. The van der Waals surface area contributed by atoms with Crippen molar-refractivity contribution < 1.29 is 13.3 Å². The molecule has 0 radical (unpaired) electrons. The van der Waals surface area contributed by atoms with Gasteiger partial charge < -0.3 is 10.3 Å². The lowest BCUT2D eigenvalue weighted by Crippen LogP contribution is -1.92. The quantitative estimate of drug-likeness (QED) is 0.751. The van der Waals surface area contributed by atoms with E-state index >= 15 is 0 Å². The van der Waals surface area contributed by atoms with Crippen LogP contribution in [0.2, 0.25) is 0 Å². The summed E-state index contributed by atoms with van der Waals surface area (Å²) in [5, 5.41) is 3.81. The van der Waals surface area contributed by atoms with E-state index in [2.05, 4.69) is 10.1 Å². The highest BCUT2D eigenvalue weighted by molar-refractivity contribution is 5.57. The van der Waals surface area contributed by atoms with Gasteiger partial charge in [0.15, 0.2) is 5.82 Å². The SMILES string of the molecule is Nc1ccc(-c2nc(Cc3cccc(F)c3)no2)cc1F. The van der Waals surface area contributed by atoms with E-state index in [0.29, 0.717) is 17.8 Å². The van der Waals surface area contributed by atoms with Gasteiger partial charge in [-0.15, -0.1) is 0 Å². The van der Waals surface area contributed by atoms with Crippen LogP contribution < -0.4 is 5.73 Å². The Hall–Kier alpha value is -2.76. The lowest BCUT2D eigenvalue weighted by atomic mass is 10.1. The van der Waals surface area contributed by atoms with Crippen LogP contribution in [0.1, 0.15) is 11.4 Å². The number of nitrogens with two attached hydrogens (primary N) is 1. The van der Waals surface area contributed by atoms with E-state index in [1.165, 1.54) is 24.3 Å². The van der Waals surface area contributed by atoms with Crippen molar-refractivity contribution in [3.63, 3.8) is 0 Å². The number of nitrogen functional groups attached to an aromatic ring is 1. The summed E-state index contributed by atoms with van der Waals surface area (Å²) in [5.41, 5.74) is 6.64. The molecule has 2 aromatic carbocycles. The fourth-order valence-corrected chi connectivity index (χ4v) is 1.93. The van der Waals surface area contributed by atoms with Gasteiger partial charge >= 0.3 is 0 Å². The molecule has 2 N–H and O–H groups in total. The van der Waals surface area contributed by atoms with Gasteiger partial charge in [0, 0.05) is 12.0 Å². The molecule has 0 aliphatic carbocycles. The average molecular weight is 287 g/mol. The van der Waals surface area contributed by atoms with Crippen LogP contribution in [0.3, 0.4) is 0 Å². The molecule has 3 rings (SSSR count). The van der Waals surface area contributed by atoms with Crippen LogP contribution in [0.15, 0.2) is 47.0 Å². The first-order valence-electron chi connectivity index (χ1n) is 6.24. The van der Waals surface area contributed by atoms with Crippen molar-refractivity contribution in [1.82, 2.24) is 10.1 Å². The van der Waals surface area contributed by atoms with Crippen molar-refractivity contribution in [2.45, 2.75) is 6.42 Å². The minimum atomic E-state index is -0.544. The first kappa shape index (κ1) is 13.2. The van der Waals surface area contributed by atoms with Crippen LogP contribution in [0.4, 0.5) is 14.5 Å². The van der Waals surface area contributed by atoms with Crippen molar-refractivity contribution in [3.8, 4) is 11.5 Å². The number of anilines is 1. The van der Waals surface area contributed by atoms with Crippen molar-refractivity contribution in [2.24, 2.45) is 0 Å². The second kappa shape index (κ2) is 5.32. The molecule has 21 heavy (non-hydrogen) atoms. The molecule has 0 atom stereocenters. The van der Waals surface area contributed by atoms with Crippen LogP contribution in [0.25, 0.3) is 11.5 Å². The predicted molar refractivity (Wildman–Crippen MR) is 73.3 cm³/mol.